The van der Waals surface area contributed by atoms with Crippen LogP contribution in [0.1, 0.15) is 20.9 Å². The first-order valence-corrected chi connectivity index (χ1v) is 8.93. The molecule has 25 heavy (non-hydrogen) atoms. The topological polar surface area (TPSA) is 43.6 Å². The number of carbonyl (C=O) groups is 1. The predicted octanol–water partition coefficient (Wildman–Crippen LogP) is 4.12. The summed E-state index contributed by atoms with van der Waals surface area (Å²) in [7, 11) is 1.41. The number of aromatic nitrogens is 1. The van der Waals surface area contributed by atoms with Crippen LogP contribution in [0.5, 0.6) is 0 Å². The van der Waals surface area contributed by atoms with Gasteiger partial charge in [-0.15, -0.1) is 0 Å². The molecule has 1 aromatic heterocycles. The average Bonchev–Trinajstić information content (AvgIpc) is 2.96. The molecule has 0 radical (unpaired) electrons. The lowest BCUT2D eigenvalue weighted by atomic mass is 10.1. The van der Waals surface area contributed by atoms with Crippen molar-refractivity contribution in [2.45, 2.75) is 19.9 Å². The van der Waals surface area contributed by atoms with Crippen LogP contribution in [-0.4, -0.2) is 17.6 Å². The van der Waals surface area contributed by atoms with Gasteiger partial charge in [-0.05, 0) is 31.0 Å². The van der Waals surface area contributed by atoms with Gasteiger partial charge in [0.05, 0.1) is 12.8 Å². The van der Waals surface area contributed by atoms with Gasteiger partial charge < -0.3 is 9.30 Å². The molecule has 0 atom stereocenters. The monoisotopic (exact) mass is 352 g/mol. The number of carbonyl (C=O) groups excluding carboxylic acids is 1. The summed E-state index contributed by atoms with van der Waals surface area (Å²) in [5.74, 6) is -0.314. The first-order valence-electron chi connectivity index (χ1n) is 8.11. The Kier molecular flexibility index (Phi) is 5.46. The van der Waals surface area contributed by atoms with E-state index in [0.29, 0.717) is 4.88 Å². The standard InChI is InChI=1S/C20H20N2O2S/c1-15-18(19(23)24-2)25-20(21-17-11-7-4-8-12-17)22(15)14-13-16-9-5-3-6-10-16/h3-12H,13-14H2,1-2H3. The molecule has 0 aliphatic rings. The van der Waals surface area contributed by atoms with Crippen molar-refractivity contribution in [1.82, 2.24) is 4.57 Å². The minimum absolute atomic E-state index is 0.314. The third-order valence-electron chi connectivity index (χ3n) is 3.98. The number of hydrogen-bond donors (Lipinski definition) is 0. The van der Waals surface area contributed by atoms with Crippen LogP contribution in [-0.2, 0) is 17.7 Å². The van der Waals surface area contributed by atoms with E-state index in [1.807, 2.05) is 55.5 Å². The first-order chi connectivity index (χ1) is 12.2. The highest BCUT2D eigenvalue weighted by Crippen LogP contribution is 2.16. The number of benzene rings is 2. The number of para-hydroxylation sites is 1. The SMILES string of the molecule is COC(=O)c1sc(=Nc2ccccc2)n(CCc2ccccc2)c1C. The lowest BCUT2D eigenvalue weighted by Crippen LogP contribution is -2.17. The molecule has 3 rings (SSSR count). The average molecular weight is 352 g/mol. The molecular weight excluding hydrogens is 332 g/mol. The van der Waals surface area contributed by atoms with Crippen LogP contribution < -0.4 is 4.80 Å². The number of thiazole rings is 1. The first kappa shape index (κ1) is 17.2. The second kappa shape index (κ2) is 7.94. The molecule has 0 amide bonds. The molecule has 1 heterocycles. The summed E-state index contributed by atoms with van der Waals surface area (Å²) >= 11 is 1.37. The molecule has 0 fully saturated rings. The van der Waals surface area contributed by atoms with Gasteiger partial charge in [-0.3, -0.25) is 0 Å². The van der Waals surface area contributed by atoms with Gasteiger partial charge in [0.2, 0.25) is 0 Å². The fourth-order valence-electron chi connectivity index (χ4n) is 2.61. The van der Waals surface area contributed by atoms with E-state index in [1.54, 1.807) is 0 Å². The van der Waals surface area contributed by atoms with Crippen LogP contribution in [0.15, 0.2) is 65.7 Å². The second-order valence-corrected chi connectivity index (χ2v) is 6.60. The minimum Gasteiger partial charge on any atom is -0.465 e. The van der Waals surface area contributed by atoms with Crippen LogP contribution in [0.2, 0.25) is 0 Å². The Morgan fingerprint density at radius 3 is 2.36 bits per heavy atom. The zero-order valence-electron chi connectivity index (χ0n) is 14.3. The molecule has 128 valence electrons. The van der Waals surface area contributed by atoms with Crippen molar-refractivity contribution in [3.05, 3.63) is 81.6 Å². The molecule has 3 aromatic rings. The summed E-state index contributed by atoms with van der Waals surface area (Å²) in [6, 6.07) is 20.1. The molecule has 0 unspecified atom stereocenters. The van der Waals surface area contributed by atoms with E-state index in [2.05, 4.69) is 16.7 Å². The van der Waals surface area contributed by atoms with Crippen LogP contribution in [0, 0.1) is 6.92 Å². The van der Waals surface area contributed by atoms with Gasteiger partial charge >= 0.3 is 5.97 Å². The van der Waals surface area contributed by atoms with E-state index in [0.717, 1.165) is 29.1 Å². The maximum absolute atomic E-state index is 12.1. The highest BCUT2D eigenvalue weighted by atomic mass is 32.1. The van der Waals surface area contributed by atoms with E-state index in [9.17, 15) is 4.79 Å². The Labute approximate surface area is 151 Å². The van der Waals surface area contributed by atoms with E-state index in [-0.39, 0.29) is 5.97 Å². The Morgan fingerprint density at radius 2 is 1.72 bits per heavy atom. The molecule has 2 aromatic carbocycles. The third kappa shape index (κ3) is 4.06. The normalized spacial score (nSPS) is 11.5. The number of esters is 1. The molecular formula is C20H20N2O2S. The zero-order chi connectivity index (χ0) is 17.6. The fraction of sp³-hybridized carbons (Fsp3) is 0.200. The molecule has 0 saturated carbocycles. The number of aryl methyl sites for hydroxylation is 1. The van der Waals surface area contributed by atoms with Gasteiger partial charge in [0.25, 0.3) is 0 Å². The van der Waals surface area contributed by atoms with Crippen molar-refractivity contribution < 1.29 is 9.53 Å². The predicted molar refractivity (Wildman–Crippen MR) is 100 cm³/mol. The van der Waals surface area contributed by atoms with Crippen LogP contribution in [0.25, 0.3) is 0 Å². The van der Waals surface area contributed by atoms with E-state index < -0.39 is 0 Å². The molecule has 0 aliphatic heterocycles. The van der Waals surface area contributed by atoms with Crippen molar-refractivity contribution in [1.29, 1.82) is 0 Å². The number of hydrogen-bond acceptors (Lipinski definition) is 4. The lowest BCUT2D eigenvalue weighted by Gasteiger charge is -2.07. The van der Waals surface area contributed by atoms with Gasteiger partial charge in [0.1, 0.15) is 4.88 Å². The molecule has 0 saturated heterocycles. The fourth-order valence-corrected chi connectivity index (χ4v) is 3.71. The highest BCUT2D eigenvalue weighted by molar-refractivity contribution is 7.11. The van der Waals surface area contributed by atoms with Crippen molar-refractivity contribution in [3.8, 4) is 0 Å². The highest BCUT2D eigenvalue weighted by Gasteiger charge is 2.17. The van der Waals surface area contributed by atoms with Gasteiger partial charge in [0, 0.05) is 12.2 Å². The summed E-state index contributed by atoms with van der Waals surface area (Å²) in [6.45, 7) is 2.70. The quantitative estimate of drug-likeness (QED) is 0.648. The molecule has 0 aliphatic carbocycles. The lowest BCUT2D eigenvalue weighted by molar-refractivity contribution is 0.0605. The second-order valence-electron chi connectivity index (χ2n) is 5.63. The number of ether oxygens (including phenoxy) is 1. The molecule has 5 heteroatoms. The van der Waals surface area contributed by atoms with Crippen molar-refractivity contribution in [3.63, 3.8) is 0 Å². The summed E-state index contributed by atoms with van der Waals surface area (Å²) in [5, 5.41) is 0. The third-order valence-corrected chi connectivity index (χ3v) is 5.14. The minimum atomic E-state index is -0.314. The van der Waals surface area contributed by atoms with Crippen LogP contribution >= 0.6 is 11.3 Å². The molecule has 0 bridgehead atoms. The summed E-state index contributed by atoms with van der Waals surface area (Å²) in [4.78, 5) is 18.2. The Balaban J connectivity index is 2.00. The largest absolute Gasteiger partial charge is 0.465 e. The van der Waals surface area contributed by atoms with E-state index in [1.165, 1.54) is 24.0 Å². The van der Waals surface area contributed by atoms with Crippen molar-refractivity contribution in [2.24, 2.45) is 4.99 Å². The number of methoxy groups -OCH3 is 1. The number of rotatable bonds is 5. The summed E-state index contributed by atoms with van der Waals surface area (Å²) < 4.78 is 7.01. The van der Waals surface area contributed by atoms with Crippen LogP contribution in [0.4, 0.5) is 5.69 Å². The molecule has 4 nitrogen and oxygen atoms in total. The maximum atomic E-state index is 12.1. The molecule has 0 N–H and O–H groups in total. The van der Waals surface area contributed by atoms with Gasteiger partial charge in [-0.2, -0.15) is 0 Å². The summed E-state index contributed by atoms with van der Waals surface area (Å²) in [6.07, 6.45) is 0.876. The summed E-state index contributed by atoms with van der Waals surface area (Å²) in [5.41, 5.74) is 3.02. The number of nitrogens with zero attached hydrogens (tertiary/aromatic N) is 2. The van der Waals surface area contributed by atoms with E-state index in [4.69, 9.17) is 9.73 Å². The van der Waals surface area contributed by atoms with Gasteiger partial charge in [0.15, 0.2) is 4.80 Å². The molecule has 0 spiro atoms. The smallest absolute Gasteiger partial charge is 0.349 e. The Hall–Kier alpha value is -2.66. The zero-order valence-corrected chi connectivity index (χ0v) is 15.1. The van der Waals surface area contributed by atoms with Crippen molar-refractivity contribution >= 4 is 23.0 Å². The van der Waals surface area contributed by atoms with Crippen LogP contribution in [0.3, 0.4) is 0 Å². The maximum Gasteiger partial charge on any atom is 0.349 e. The Morgan fingerprint density at radius 1 is 1.08 bits per heavy atom. The van der Waals surface area contributed by atoms with Gasteiger partial charge in [-0.25, -0.2) is 9.79 Å². The Bertz CT molecular complexity index is 912. The van der Waals surface area contributed by atoms with E-state index >= 15 is 0 Å². The van der Waals surface area contributed by atoms with Crippen molar-refractivity contribution in [2.75, 3.05) is 7.11 Å². The van der Waals surface area contributed by atoms with Gasteiger partial charge in [-0.1, -0.05) is 59.9 Å².